The predicted molar refractivity (Wildman–Crippen MR) is 74.5 cm³/mol. The van der Waals surface area contributed by atoms with Gasteiger partial charge < -0.3 is 10.6 Å². The fraction of sp³-hybridized carbons (Fsp3) is 0.417. The van der Waals surface area contributed by atoms with Gasteiger partial charge in [-0.15, -0.1) is 11.8 Å². The smallest absolute Gasteiger partial charge is 0.235 e. The van der Waals surface area contributed by atoms with Crippen LogP contribution < -0.4 is 5.73 Å². The lowest BCUT2D eigenvalue weighted by Crippen LogP contribution is -2.31. The Morgan fingerprint density at radius 3 is 2.67 bits per heavy atom. The SMILES string of the molecule is CCC(Sc1cc(N)c(F)cc1Cl)C(=O)N(C)C. The molecular weight excluding hydrogens is 275 g/mol. The topological polar surface area (TPSA) is 46.3 Å². The van der Waals surface area contributed by atoms with Gasteiger partial charge in [-0.05, 0) is 18.6 Å². The number of anilines is 1. The predicted octanol–water partition coefficient (Wildman–Crippen LogP) is 3.02. The van der Waals surface area contributed by atoms with Gasteiger partial charge in [0.1, 0.15) is 5.82 Å². The molecule has 0 fully saturated rings. The van der Waals surface area contributed by atoms with Crippen molar-refractivity contribution in [2.45, 2.75) is 23.5 Å². The average molecular weight is 291 g/mol. The van der Waals surface area contributed by atoms with Gasteiger partial charge in [0.2, 0.25) is 5.91 Å². The zero-order valence-corrected chi connectivity index (χ0v) is 12.1. The van der Waals surface area contributed by atoms with Gasteiger partial charge in [0, 0.05) is 19.0 Å². The van der Waals surface area contributed by atoms with Gasteiger partial charge in [-0.25, -0.2) is 4.39 Å². The summed E-state index contributed by atoms with van der Waals surface area (Å²) in [6.45, 7) is 1.92. The maximum Gasteiger partial charge on any atom is 0.235 e. The molecule has 0 saturated carbocycles. The van der Waals surface area contributed by atoms with Gasteiger partial charge in [-0.3, -0.25) is 4.79 Å². The standard InChI is InChI=1S/C12H16ClFN2OS/c1-4-10(12(17)16(2)3)18-11-6-9(15)8(14)5-7(11)13/h5-6,10H,4,15H2,1-3H3. The highest BCUT2D eigenvalue weighted by Gasteiger charge is 2.21. The largest absolute Gasteiger partial charge is 0.396 e. The summed E-state index contributed by atoms with van der Waals surface area (Å²) in [5.74, 6) is -0.544. The van der Waals surface area contributed by atoms with Crippen LogP contribution in [0.3, 0.4) is 0 Å². The number of rotatable bonds is 4. The van der Waals surface area contributed by atoms with E-state index in [9.17, 15) is 9.18 Å². The van der Waals surface area contributed by atoms with E-state index < -0.39 is 5.82 Å². The third-order valence-electron chi connectivity index (χ3n) is 2.41. The van der Waals surface area contributed by atoms with Crippen LogP contribution in [0.25, 0.3) is 0 Å². The number of thioether (sulfide) groups is 1. The molecule has 1 aromatic rings. The van der Waals surface area contributed by atoms with E-state index in [2.05, 4.69) is 0 Å². The Labute approximate surface area is 115 Å². The molecule has 1 rings (SSSR count). The van der Waals surface area contributed by atoms with Crippen molar-refractivity contribution in [2.75, 3.05) is 19.8 Å². The Morgan fingerprint density at radius 2 is 2.17 bits per heavy atom. The third-order valence-corrected chi connectivity index (χ3v) is 4.24. The van der Waals surface area contributed by atoms with Crippen LogP contribution in [0.4, 0.5) is 10.1 Å². The molecule has 3 nitrogen and oxygen atoms in total. The first-order valence-electron chi connectivity index (χ1n) is 5.49. The van der Waals surface area contributed by atoms with Gasteiger partial charge >= 0.3 is 0 Å². The maximum absolute atomic E-state index is 13.2. The lowest BCUT2D eigenvalue weighted by molar-refractivity contribution is -0.128. The molecular formula is C12H16ClFN2OS. The van der Waals surface area contributed by atoms with Crippen LogP contribution in [0, 0.1) is 5.82 Å². The van der Waals surface area contributed by atoms with E-state index in [4.69, 9.17) is 17.3 Å². The van der Waals surface area contributed by atoms with Gasteiger partial charge in [-0.1, -0.05) is 18.5 Å². The van der Waals surface area contributed by atoms with Gasteiger partial charge in [0.05, 0.1) is 16.0 Å². The van der Waals surface area contributed by atoms with E-state index in [1.54, 1.807) is 14.1 Å². The molecule has 1 amide bonds. The number of nitrogens with two attached hydrogens (primary N) is 1. The fourth-order valence-electron chi connectivity index (χ4n) is 1.38. The second kappa shape index (κ2) is 6.29. The number of halogens is 2. The summed E-state index contributed by atoms with van der Waals surface area (Å²) in [5, 5.41) is 0.0269. The molecule has 1 aromatic carbocycles. The van der Waals surface area contributed by atoms with E-state index >= 15 is 0 Å². The average Bonchev–Trinajstić information content (AvgIpc) is 2.31. The highest BCUT2D eigenvalue weighted by molar-refractivity contribution is 8.00. The van der Waals surface area contributed by atoms with Gasteiger partial charge in [0.25, 0.3) is 0 Å². The second-order valence-electron chi connectivity index (χ2n) is 4.05. The number of hydrogen-bond acceptors (Lipinski definition) is 3. The van der Waals surface area contributed by atoms with Gasteiger partial charge in [0.15, 0.2) is 0 Å². The highest BCUT2D eigenvalue weighted by atomic mass is 35.5. The summed E-state index contributed by atoms with van der Waals surface area (Å²) in [6.07, 6.45) is 0.662. The van der Waals surface area contributed by atoms with Crippen molar-refractivity contribution in [2.24, 2.45) is 0 Å². The van der Waals surface area contributed by atoms with E-state index in [1.165, 1.54) is 28.8 Å². The lowest BCUT2D eigenvalue weighted by Gasteiger charge is -2.19. The maximum atomic E-state index is 13.2. The molecule has 0 bridgehead atoms. The molecule has 6 heteroatoms. The van der Waals surface area contributed by atoms with Crippen LogP contribution in [-0.4, -0.2) is 30.2 Å². The summed E-state index contributed by atoms with van der Waals surface area (Å²) in [7, 11) is 3.40. The van der Waals surface area contributed by atoms with Crippen molar-refractivity contribution >= 4 is 35.0 Å². The molecule has 18 heavy (non-hydrogen) atoms. The lowest BCUT2D eigenvalue weighted by atomic mass is 10.3. The van der Waals surface area contributed by atoms with E-state index in [1.807, 2.05) is 6.92 Å². The molecule has 100 valence electrons. The van der Waals surface area contributed by atoms with E-state index in [0.717, 1.165) is 0 Å². The van der Waals surface area contributed by atoms with Crippen molar-refractivity contribution in [1.82, 2.24) is 4.90 Å². The molecule has 0 spiro atoms. The van der Waals surface area contributed by atoms with Crippen LogP contribution in [0.1, 0.15) is 13.3 Å². The number of nitrogens with zero attached hydrogens (tertiary/aromatic N) is 1. The molecule has 2 N–H and O–H groups in total. The monoisotopic (exact) mass is 290 g/mol. The number of carbonyl (C=O) groups excluding carboxylic acids is 1. The number of hydrogen-bond donors (Lipinski definition) is 1. The Morgan fingerprint density at radius 1 is 1.56 bits per heavy atom. The summed E-state index contributed by atoms with van der Waals surface area (Å²) in [6, 6.07) is 2.64. The fourth-order valence-corrected chi connectivity index (χ4v) is 2.82. The summed E-state index contributed by atoms with van der Waals surface area (Å²) in [4.78, 5) is 14.1. The molecule has 0 aliphatic rings. The van der Waals surface area contributed by atoms with Crippen molar-refractivity contribution in [3.05, 3.63) is 23.0 Å². The van der Waals surface area contributed by atoms with Crippen molar-refractivity contribution in [3.63, 3.8) is 0 Å². The van der Waals surface area contributed by atoms with Crippen molar-refractivity contribution in [1.29, 1.82) is 0 Å². The summed E-state index contributed by atoms with van der Waals surface area (Å²) in [5.41, 5.74) is 5.54. The van der Waals surface area contributed by atoms with Crippen molar-refractivity contribution in [3.8, 4) is 0 Å². The van der Waals surface area contributed by atoms with Crippen LogP contribution in [-0.2, 0) is 4.79 Å². The van der Waals surface area contributed by atoms with Gasteiger partial charge in [-0.2, -0.15) is 0 Å². The Balaban J connectivity index is 2.95. The Hall–Kier alpha value is -0.940. The van der Waals surface area contributed by atoms with Crippen LogP contribution in [0.2, 0.25) is 5.02 Å². The minimum atomic E-state index is -0.545. The first-order chi connectivity index (χ1) is 8.36. The van der Waals surface area contributed by atoms with E-state index in [-0.39, 0.29) is 21.9 Å². The number of amides is 1. The molecule has 1 atom stereocenters. The van der Waals surface area contributed by atoms with Crippen molar-refractivity contribution < 1.29 is 9.18 Å². The molecule has 0 saturated heterocycles. The molecule has 0 aliphatic heterocycles. The van der Waals surface area contributed by atoms with Crippen LogP contribution in [0.15, 0.2) is 17.0 Å². The first kappa shape index (κ1) is 15.1. The number of carbonyl (C=O) groups is 1. The van der Waals surface area contributed by atoms with E-state index in [0.29, 0.717) is 11.3 Å². The third kappa shape index (κ3) is 3.53. The summed E-state index contributed by atoms with van der Waals surface area (Å²) < 4.78 is 13.2. The first-order valence-corrected chi connectivity index (χ1v) is 6.74. The Bertz CT molecular complexity index is 454. The molecule has 0 aliphatic carbocycles. The second-order valence-corrected chi connectivity index (χ2v) is 5.70. The Kier molecular flexibility index (Phi) is 5.28. The minimum absolute atomic E-state index is 0.00135. The number of nitrogen functional groups attached to an aromatic ring is 1. The zero-order valence-electron chi connectivity index (χ0n) is 10.5. The molecule has 0 aromatic heterocycles. The normalized spacial score (nSPS) is 12.3. The minimum Gasteiger partial charge on any atom is -0.396 e. The highest BCUT2D eigenvalue weighted by Crippen LogP contribution is 2.34. The number of benzene rings is 1. The molecule has 0 heterocycles. The van der Waals surface area contributed by atoms with Crippen LogP contribution >= 0.6 is 23.4 Å². The zero-order chi connectivity index (χ0) is 13.9. The van der Waals surface area contributed by atoms with Crippen LogP contribution in [0.5, 0.6) is 0 Å². The quantitative estimate of drug-likeness (QED) is 0.685. The summed E-state index contributed by atoms with van der Waals surface area (Å²) >= 11 is 7.25. The molecule has 0 radical (unpaired) electrons. The molecule has 1 unspecified atom stereocenters.